The maximum Gasteiger partial charge on any atom is 0.247 e. The predicted octanol–water partition coefficient (Wildman–Crippen LogP) is 3.79. The molecule has 3 heterocycles. The van der Waals surface area contributed by atoms with Crippen LogP contribution in [0, 0.1) is 0 Å². The van der Waals surface area contributed by atoms with Crippen molar-refractivity contribution in [3.8, 4) is 16.3 Å². The smallest absolute Gasteiger partial charge is 0.247 e. The first-order chi connectivity index (χ1) is 15.0. The van der Waals surface area contributed by atoms with Crippen molar-refractivity contribution in [2.75, 3.05) is 11.5 Å². The van der Waals surface area contributed by atoms with E-state index in [0.29, 0.717) is 6.42 Å². The van der Waals surface area contributed by atoms with Crippen LogP contribution in [0.2, 0.25) is 0 Å². The molecule has 2 aromatic heterocycles. The highest BCUT2D eigenvalue weighted by molar-refractivity contribution is 7.91. The van der Waals surface area contributed by atoms with Crippen molar-refractivity contribution in [1.29, 1.82) is 0 Å². The van der Waals surface area contributed by atoms with E-state index in [2.05, 4.69) is 0 Å². The molecule has 0 N–H and O–H groups in total. The Balaban J connectivity index is 1.44. The van der Waals surface area contributed by atoms with Crippen molar-refractivity contribution in [2.24, 2.45) is 0 Å². The van der Waals surface area contributed by atoms with Gasteiger partial charge in [0, 0.05) is 29.9 Å². The molecular formula is C23H23N3O3S2. The third kappa shape index (κ3) is 4.36. The van der Waals surface area contributed by atoms with Gasteiger partial charge in [-0.1, -0.05) is 24.3 Å². The minimum Gasteiger partial charge on any atom is -0.332 e. The number of aromatic nitrogens is 2. The molecule has 160 valence electrons. The van der Waals surface area contributed by atoms with Crippen LogP contribution < -0.4 is 0 Å². The molecule has 8 heteroatoms. The van der Waals surface area contributed by atoms with Gasteiger partial charge in [-0.05, 0) is 48.9 Å². The van der Waals surface area contributed by atoms with E-state index >= 15 is 0 Å². The zero-order valence-electron chi connectivity index (χ0n) is 16.9. The Morgan fingerprint density at radius 1 is 1.10 bits per heavy atom. The molecule has 5 rings (SSSR count). The fourth-order valence-electron chi connectivity index (χ4n) is 4.08. The third-order valence-electron chi connectivity index (χ3n) is 5.72. The summed E-state index contributed by atoms with van der Waals surface area (Å²) in [7, 11) is -3.04. The monoisotopic (exact) mass is 453 g/mol. The quantitative estimate of drug-likeness (QED) is 0.533. The topological polar surface area (TPSA) is 72.3 Å². The Hall–Kier alpha value is -2.71. The van der Waals surface area contributed by atoms with Crippen molar-refractivity contribution < 1.29 is 13.2 Å². The van der Waals surface area contributed by atoms with Crippen molar-refractivity contribution >= 4 is 33.2 Å². The lowest BCUT2D eigenvalue weighted by molar-refractivity contribution is -0.128. The molecule has 31 heavy (non-hydrogen) atoms. The van der Waals surface area contributed by atoms with E-state index in [1.807, 2.05) is 64.8 Å². The summed E-state index contributed by atoms with van der Waals surface area (Å²) in [6.07, 6.45) is 7.74. The predicted molar refractivity (Wildman–Crippen MR) is 123 cm³/mol. The van der Waals surface area contributed by atoms with Crippen molar-refractivity contribution in [3.63, 3.8) is 0 Å². The minimum atomic E-state index is -3.04. The van der Waals surface area contributed by atoms with Gasteiger partial charge in [0.1, 0.15) is 5.69 Å². The average molecular weight is 454 g/mol. The second-order valence-electron chi connectivity index (χ2n) is 8.06. The number of carbonyl (C=O) groups excluding carboxylic acids is 1. The van der Waals surface area contributed by atoms with Crippen LogP contribution in [0.1, 0.15) is 24.8 Å². The molecule has 1 unspecified atom stereocenters. The highest BCUT2D eigenvalue weighted by Gasteiger charge is 2.41. The molecule has 6 nitrogen and oxygen atoms in total. The third-order valence-corrected chi connectivity index (χ3v) is 8.35. The lowest BCUT2D eigenvalue weighted by atomic mass is 10.1. The molecule has 1 aromatic carbocycles. The molecule has 1 saturated heterocycles. The van der Waals surface area contributed by atoms with E-state index in [-0.39, 0.29) is 29.5 Å². The Labute approximate surface area is 185 Å². The summed E-state index contributed by atoms with van der Waals surface area (Å²) in [4.78, 5) is 15.9. The van der Waals surface area contributed by atoms with Crippen LogP contribution in [0.25, 0.3) is 22.3 Å². The number of nitrogens with zero attached hydrogens (tertiary/aromatic N) is 3. The standard InChI is InChI=1S/C23H23N3O3S2/c27-22(26(19-9-10-19)20-12-14-31(28,29)16-20)11-8-17-15-25(18-5-2-1-3-6-18)24-23(17)21-7-4-13-30-21/h1-8,11,13,15,19-20H,9-10,12,14,16H2/b11-8+. The SMILES string of the molecule is O=C(/C=C/c1cn(-c2ccccc2)nc1-c1cccs1)N(C1CC1)C1CCS(=O)(=O)C1. The number of carbonyl (C=O) groups is 1. The maximum absolute atomic E-state index is 13.1. The summed E-state index contributed by atoms with van der Waals surface area (Å²) in [6, 6.07) is 13.8. The fourth-order valence-corrected chi connectivity index (χ4v) is 6.52. The van der Waals surface area contributed by atoms with Crippen LogP contribution in [0.4, 0.5) is 0 Å². The summed E-state index contributed by atoms with van der Waals surface area (Å²) in [6.45, 7) is 0. The first-order valence-electron chi connectivity index (χ1n) is 10.4. The number of rotatable bonds is 6. The summed E-state index contributed by atoms with van der Waals surface area (Å²) in [5.74, 6) is 0.133. The van der Waals surface area contributed by atoms with E-state index in [9.17, 15) is 13.2 Å². The van der Waals surface area contributed by atoms with Gasteiger partial charge in [-0.25, -0.2) is 13.1 Å². The first-order valence-corrected chi connectivity index (χ1v) is 13.1. The minimum absolute atomic E-state index is 0.0788. The Morgan fingerprint density at radius 2 is 1.90 bits per heavy atom. The van der Waals surface area contributed by atoms with Gasteiger partial charge in [-0.15, -0.1) is 11.3 Å². The first kappa shape index (κ1) is 20.2. The maximum atomic E-state index is 13.1. The average Bonchev–Trinajstić information content (AvgIpc) is 3.15. The molecule has 1 aliphatic heterocycles. The van der Waals surface area contributed by atoms with E-state index in [1.54, 1.807) is 22.3 Å². The lowest BCUT2D eigenvalue weighted by Gasteiger charge is -2.27. The number of sulfone groups is 1. The van der Waals surface area contributed by atoms with Crippen molar-refractivity contribution in [1.82, 2.24) is 14.7 Å². The fraction of sp³-hybridized carbons (Fsp3) is 0.304. The molecular weight excluding hydrogens is 430 g/mol. The largest absolute Gasteiger partial charge is 0.332 e. The zero-order chi connectivity index (χ0) is 21.4. The molecule has 2 aliphatic rings. The molecule has 1 aliphatic carbocycles. The van der Waals surface area contributed by atoms with Gasteiger partial charge in [0.25, 0.3) is 0 Å². The Bertz CT molecular complexity index is 1210. The van der Waals surface area contributed by atoms with Crippen LogP contribution in [-0.4, -0.2) is 52.6 Å². The highest BCUT2D eigenvalue weighted by atomic mass is 32.2. The molecule has 1 atom stereocenters. The second-order valence-corrected chi connectivity index (χ2v) is 11.2. The number of benzene rings is 1. The molecule has 1 saturated carbocycles. The Kier molecular flexibility index (Phi) is 5.27. The number of hydrogen-bond donors (Lipinski definition) is 0. The van der Waals surface area contributed by atoms with Crippen LogP contribution in [0.5, 0.6) is 0 Å². The number of para-hydroxylation sites is 1. The molecule has 0 radical (unpaired) electrons. The van der Waals surface area contributed by atoms with Gasteiger partial charge >= 0.3 is 0 Å². The van der Waals surface area contributed by atoms with Crippen molar-refractivity contribution in [2.45, 2.75) is 31.3 Å². The summed E-state index contributed by atoms with van der Waals surface area (Å²) < 4.78 is 25.7. The molecule has 2 fully saturated rings. The van der Waals surface area contributed by atoms with E-state index in [1.165, 1.54) is 0 Å². The van der Waals surface area contributed by atoms with E-state index in [4.69, 9.17) is 5.10 Å². The van der Waals surface area contributed by atoms with Gasteiger partial charge in [-0.3, -0.25) is 4.79 Å². The highest BCUT2D eigenvalue weighted by Crippen LogP contribution is 2.33. The molecule has 0 bridgehead atoms. The molecule has 3 aromatic rings. The molecule has 1 amide bonds. The second kappa shape index (κ2) is 8.09. The number of hydrogen-bond acceptors (Lipinski definition) is 5. The normalized spacial score (nSPS) is 20.3. The van der Waals surface area contributed by atoms with Crippen LogP contribution >= 0.6 is 11.3 Å². The number of thiophene rings is 1. The van der Waals surface area contributed by atoms with Gasteiger partial charge in [0.2, 0.25) is 5.91 Å². The van der Waals surface area contributed by atoms with Crippen molar-refractivity contribution in [3.05, 3.63) is 65.7 Å². The van der Waals surface area contributed by atoms with E-state index in [0.717, 1.165) is 34.7 Å². The summed E-state index contributed by atoms with van der Waals surface area (Å²) in [5, 5.41) is 6.77. The summed E-state index contributed by atoms with van der Waals surface area (Å²) in [5.41, 5.74) is 2.63. The van der Waals surface area contributed by atoms with E-state index < -0.39 is 9.84 Å². The van der Waals surface area contributed by atoms with Crippen LogP contribution in [0.3, 0.4) is 0 Å². The molecule has 0 spiro atoms. The van der Waals surface area contributed by atoms with Gasteiger partial charge in [0.15, 0.2) is 9.84 Å². The number of amides is 1. The van der Waals surface area contributed by atoms with Gasteiger partial charge in [-0.2, -0.15) is 5.10 Å². The van der Waals surface area contributed by atoms with Gasteiger partial charge in [0.05, 0.1) is 22.1 Å². The Morgan fingerprint density at radius 3 is 2.55 bits per heavy atom. The van der Waals surface area contributed by atoms with Crippen LogP contribution in [-0.2, 0) is 14.6 Å². The van der Waals surface area contributed by atoms with Crippen LogP contribution in [0.15, 0.2) is 60.1 Å². The van der Waals surface area contributed by atoms with Gasteiger partial charge < -0.3 is 4.90 Å². The lowest BCUT2D eigenvalue weighted by Crippen LogP contribution is -2.41. The zero-order valence-corrected chi connectivity index (χ0v) is 18.6. The summed E-state index contributed by atoms with van der Waals surface area (Å²) >= 11 is 1.60.